The Bertz CT molecular complexity index is 524. The van der Waals surface area contributed by atoms with Gasteiger partial charge in [-0.15, -0.1) is 0 Å². The molecular formula is C17H21NO2. The highest BCUT2D eigenvalue weighted by molar-refractivity contribution is 5.49. The van der Waals surface area contributed by atoms with Gasteiger partial charge < -0.3 is 14.7 Å². The number of ether oxygens (including phenoxy) is 1. The third kappa shape index (κ3) is 3.11. The van der Waals surface area contributed by atoms with Gasteiger partial charge in [0.25, 0.3) is 0 Å². The van der Waals surface area contributed by atoms with Gasteiger partial charge in [0.05, 0.1) is 19.3 Å². The van der Waals surface area contributed by atoms with Crippen molar-refractivity contribution < 1.29 is 9.84 Å². The van der Waals surface area contributed by atoms with Gasteiger partial charge in [0.2, 0.25) is 0 Å². The summed E-state index contributed by atoms with van der Waals surface area (Å²) in [6.45, 7) is 2.02. The maximum atomic E-state index is 10.5. The van der Waals surface area contributed by atoms with Crippen LogP contribution in [-0.2, 0) is 0 Å². The van der Waals surface area contributed by atoms with Crippen molar-refractivity contribution in [1.82, 2.24) is 0 Å². The van der Waals surface area contributed by atoms with Gasteiger partial charge in [0, 0.05) is 12.7 Å². The summed E-state index contributed by atoms with van der Waals surface area (Å²) in [5, 5.41) is 10.5. The van der Waals surface area contributed by atoms with Crippen molar-refractivity contribution in [3.8, 4) is 5.75 Å². The minimum absolute atomic E-state index is 0.0224. The Morgan fingerprint density at radius 3 is 2.15 bits per heavy atom. The molecule has 0 radical (unpaired) electrons. The molecule has 2 atom stereocenters. The SMILES string of the molecule is COc1ccc(N(C)[C@H](C)[C@H](O)c2ccccc2)cc1. The van der Waals surface area contributed by atoms with E-state index in [1.54, 1.807) is 7.11 Å². The zero-order chi connectivity index (χ0) is 14.5. The summed E-state index contributed by atoms with van der Waals surface area (Å²) in [5.41, 5.74) is 1.98. The molecule has 106 valence electrons. The van der Waals surface area contributed by atoms with Crippen LogP contribution >= 0.6 is 0 Å². The molecule has 0 saturated carbocycles. The van der Waals surface area contributed by atoms with Crippen molar-refractivity contribution in [2.75, 3.05) is 19.1 Å². The van der Waals surface area contributed by atoms with Gasteiger partial charge in [-0.1, -0.05) is 30.3 Å². The van der Waals surface area contributed by atoms with E-state index in [-0.39, 0.29) is 6.04 Å². The van der Waals surface area contributed by atoms with E-state index in [4.69, 9.17) is 4.74 Å². The highest BCUT2D eigenvalue weighted by Gasteiger charge is 2.20. The zero-order valence-corrected chi connectivity index (χ0v) is 12.2. The molecule has 0 aliphatic carbocycles. The lowest BCUT2D eigenvalue weighted by Gasteiger charge is -2.31. The van der Waals surface area contributed by atoms with Crippen LogP contribution in [0.15, 0.2) is 54.6 Å². The Balaban J connectivity index is 2.13. The van der Waals surface area contributed by atoms with Crippen LogP contribution in [0.3, 0.4) is 0 Å². The maximum absolute atomic E-state index is 10.5. The minimum Gasteiger partial charge on any atom is -0.497 e. The summed E-state index contributed by atoms with van der Waals surface area (Å²) >= 11 is 0. The normalized spacial score (nSPS) is 13.6. The van der Waals surface area contributed by atoms with Gasteiger partial charge in [-0.3, -0.25) is 0 Å². The lowest BCUT2D eigenvalue weighted by Crippen LogP contribution is -2.34. The van der Waals surface area contributed by atoms with E-state index in [2.05, 4.69) is 4.90 Å². The van der Waals surface area contributed by atoms with Crippen molar-refractivity contribution in [3.63, 3.8) is 0 Å². The Kier molecular flexibility index (Phi) is 4.64. The summed E-state index contributed by atoms with van der Waals surface area (Å²) in [6, 6.07) is 17.5. The molecule has 3 nitrogen and oxygen atoms in total. The fourth-order valence-electron chi connectivity index (χ4n) is 2.19. The number of aliphatic hydroxyl groups excluding tert-OH is 1. The first-order chi connectivity index (χ1) is 9.63. The third-order valence-corrected chi connectivity index (χ3v) is 3.69. The predicted octanol–water partition coefficient (Wildman–Crippen LogP) is 3.25. The third-order valence-electron chi connectivity index (χ3n) is 3.69. The lowest BCUT2D eigenvalue weighted by molar-refractivity contribution is 0.151. The van der Waals surface area contributed by atoms with Crippen molar-refractivity contribution in [3.05, 3.63) is 60.2 Å². The number of hydrogen-bond donors (Lipinski definition) is 1. The van der Waals surface area contributed by atoms with Crippen molar-refractivity contribution in [2.24, 2.45) is 0 Å². The van der Waals surface area contributed by atoms with Crippen LogP contribution in [0.5, 0.6) is 5.75 Å². The molecule has 1 N–H and O–H groups in total. The van der Waals surface area contributed by atoms with Crippen LogP contribution < -0.4 is 9.64 Å². The number of likely N-dealkylation sites (N-methyl/N-ethyl adjacent to an activating group) is 1. The summed E-state index contributed by atoms with van der Waals surface area (Å²) < 4.78 is 5.16. The van der Waals surface area contributed by atoms with Crippen LogP contribution in [0.25, 0.3) is 0 Å². The van der Waals surface area contributed by atoms with Gasteiger partial charge in [0.1, 0.15) is 5.75 Å². The average Bonchev–Trinajstić information content (AvgIpc) is 2.53. The molecule has 0 aliphatic heterocycles. The van der Waals surface area contributed by atoms with Crippen molar-refractivity contribution >= 4 is 5.69 Å². The molecule has 2 aromatic carbocycles. The average molecular weight is 271 g/mol. The number of hydrogen-bond acceptors (Lipinski definition) is 3. The monoisotopic (exact) mass is 271 g/mol. The first kappa shape index (κ1) is 14.4. The molecule has 2 rings (SSSR count). The quantitative estimate of drug-likeness (QED) is 0.906. The topological polar surface area (TPSA) is 32.7 Å². The second-order valence-electron chi connectivity index (χ2n) is 4.91. The minimum atomic E-state index is -0.525. The summed E-state index contributed by atoms with van der Waals surface area (Å²) in [5.74, 6) is 0.832. The van der Waals surface area contributed by atoms with Gasteiger partial charge in [-0.05, 0) is 36.8 Å². The molecule has 0 unspecified atom stereocenters. The van der Waals surface area contributed by atoms with E-state index in [1.807, 2.05) is 68.6 Å². The van der Waals surface area contributed by atoms with Gasteiger partial charge >= 0.3 is 0 Å². The predicted molar refractivity (Wildman–Crippen MR) is 82.3 cm³/mol. The van der Waals surface area contributed by atoms with Crippen LogP contribution in [0.1, 0.15) is 18.6 Å². The van der Waals surface area contributed by atoms with Gasteiger partial charge in [0.15, 0.2) is 0 Å². The molecule has 0 fully saturated rings. The van der Waals surface area contributed by atoms with Gasteiger partial charge in [-0.25, -0.2) is 0 Å². The van der Waals surface area contributed by atoms with E-state index < -0.39 is 6.10 Å². The Hall–Kier alpha value is -2.00. The molecule has 0 heterocycles. The van der Waals surface area contributed by atoms with Crippen LogP contribution in [0, 0.1) is 0 Å². The first-order valence-electron chi connectivity index (χ1n) is 6.73. The summed E-state index contributed by atoms with van der Waals surface area (Å²) in [4.78, 5) is 2.07. The second-order valence-corrected chi connectivity index (χ2v) is 4.91. The zero-order valence-electron chi connectivity index (χ0n) is 12.2. The largest absolute Gasteiger partial charge is 0.497 e. The lowest BCUT2D eigenvalue weighted by atomic mass is 10.0. The van der Waals surface area contributed by atoms with E-state index >= 15 is 0 Å². The molecule has 0 spiro atoms. The Labute approximate surface area is 120 Å². The second kappa shape index (κ2) is 6.44. The van der Waals surface area contributed by atoms with E-state index in [0.717, 1.165) is 17.0 Å². The van der Waals surface area contributed by atoms with Crippen LogP contribution in [0.4, 0.5) is 5.69 Å². The standard InChI is InChI=1S/C17H21NO2/c1-13(17(19)14-7-5-4-6-8-14)18(2)15-9-11-16(20-3)12-10-15/h4-13,17,19H,1-3H3/t13-,17+/m1/s1. The first-order valence-corrected chi connectivity index (χ1v) is 6.73. The smallest absolute Gasteiger partial charge is 0.119 e. The van der Waals surface area contributed by atoms with Crippen LogP contribution in [-0.4, -0.2) is 25.3 Å². The fraction of sp³-hybridized carbons (Fsp3) is 0.294. The molecular weight excluding hydrogens is 250 g/mol. The number of benzene rings is 2. The molecule has 0 aliphatic rings. The molecule has 0 amide bonds. The van der Waals surface area contributed by atoms with Crippen molar-refractivity contribution in [1.29, 1.82) is 0 Å². The molecule has 0 aromatic heterocycles. The molecule has 0 bridgehead atoms. The number of methoxy groups -OCH3 is 1. The van der Waals surface area contributed by atoms with E-state index in [1.165, 1.54) is 0 Å². The summed E-state index contributed by atoms with van der Waals surface area (Å²) in [6.07, 6.45) is -0.525. The maximum Gasteiger partial charge on any atom is 0.119 e. The molecule has 20 heavy (non-hydrogen) atoms. The highest BCUT2D eigenvalue weighted by atomic mass is 16.5. The number of rotatable bonds is 5. The number of aliphatic hydroxyl groups is 1. The molecule has 0 saturated heterocycles. The van der Waals surface area contributed by atoms with Gasteiger partial charge in [-0.2, -0.15) is 0 Å². The molecule has 3 heteroatoms. The van der Waals surface area contributed by atoms with Crippen LogP contribution in [0.2, 0.25) is 0 Å². The number of anilines is 1. The molecule has 2 aromatic rings. The Morgan fingerprint density at radius 2 is 1.60 bits per heavy atom. The summed E-state index contributed by atoms with van der Waals surface area (Å²) in [7, 11) is 3.64. The fourth-order valence-corrected chi connectivity index (χ4v) is 2.19. The number of nitrogens with zero attached hydrogens (tertiary/aromatic N) is 1. The highest BCUT2D eigenvalue weighted by Crippen LogP contribution is 2.25. The van der Waals surface area contributed by atoms with E-state index in [0.29, 0.717) is 0 Å². The van der Waals surface area contributed by atoms with E-state index in [9.17, 15) is 5.11 Å². The Morgan fingerprint density at radius 1 is 1.00 bits per heavy atom. The van der Waals surface area contributed by atoms with Crippen molar-refractivity contribution in [2.45, 2.75) is 19.1 Å².